The van der Waals surface area contributed by atoms with Gasteiger partial charge in [-0.3, -0.25) is 4.79 Å². The molecule has 0 atom stereocenters. The number of benzene rings is 2. The van der Waals surface area contributed by atoms with Gasteiger partial charge in [0.1, 0.15) is 5.69 Å². The van der Waals surface area contributed by atoms with Crippen LogP contribution in [0.4, 0.5) is 17.3 Å². The first-order valence-corrected chi connectivity index (χ1v) is 9.59. The lowest BCUT2D eigenvalue weighted by Crippen LogP contribution is -2.27. The van der Waals surface area contributed by atoms with E-state index in [9.17, 15) is 4.79 Å². The Balaban J connectivity index is 1.43. The molecule has 0 radical (unpaired) electrons. The smallest absolute Gasteiger partial charge is 0.274 e. The van der Waals surface area contributed by atoms with E-state index >= 15 is 0 Å². The van der Waals surface area contributed by atoms with Gasteiger partial charge in [0.05, 0.1) is 0 Å². The summed E-state index contributed by atoms with van der Waals surface area (Å²) >= 11 is 0. The Hall–Kier alpha value is -3.61. The number of fused-ring (bicyclic) bond motifs is 2. The summed E-state index contributed by atoms with van der Waals surface area (Å²) in [5.41, 5.74) is 4.07. The maximum atomic E-state index is 12.9. The van der Waals surface area contributed by atoms with Crippen molar-refractivity contribution in [2.24, 2.45) is 0 Å². The highest BCUT2D eigenvalue weighted by atomic mass is 16.7. The van der Waals surface area contributed by atoms with Gasteiger partial charge in [0.2, 0.25) is 12.7 Å². The van der Waals surface area contributed by atoms with Crippen LogP contribution in [-0.4, -0.2) is 29.2 Å². The normalized spacial score (nSPS) is 14.4. The van der Waals surface area contributed by atoms with E-state index in [1.165, 1.54) is 5.56 Å². The number of rotatable bonds is 3. The number of anilines is 3. The zero-order valence-electron chi connectivity index (χ0n) is 16.0. The Labute approximate surface area is 168 Å². The van der Waals surface area contributed by atoms with Gasteiger partial charge < -0.3 is 19.7 Å². The summed E-state index contributed by atoms with van der Waals surface area (Å²) in [7, 11) is 0. The molecule has 0 unspecified atom stereocenters. The largest absolute Gasteiger partial charge is 0.454 e. The summed E-state index contributed by atoms with van der Waals surface area (Å²) in [6.07, 6.45) is 2.06. The number of ether oxygens (including phenoxy) is 2. The van der Waals surface area contributed by atoms with Crippen LogP contribution in [-0.2, 0) is 6.42 Å². The number of para-hydroxylation sites is 1. The van der Waals surface area contributed by atoms with Gasteiger partial charge in [-0.25, -0.2) is 9.97 Å². The molecule has 1 aromatic heterocycles. The second kappa shape index (κ2) is 7.09. The number of nitrogens with zero attached hydrogens (tertiary/aromatic N) is 3. The van der Waals surface area contributed by atoms with Crippen LogP contribution in [0.15, 0.2) is 48.5 Å². The number of aromatic nitrogens is 2. The Bertz CT molecular complexity index is 1100. The molecule has 0 bridgehead atoms. The van der Waals surface area contributed by atoms with Crippen molar-refractivity contribution >= 4 is 23.2 Å². The quantitative estimate of drug-likeness (QED) is 0.734. The first-order valence-electron chi connectivity index (χ1n) is 9.59. The van der Waals surface area contributed by atoms with Crippen LogP contribution in [0, 0.1) is 6.92 Å². The Kier molecular flexibility index (Phi) is 4.27. The van der Waals surface area contributed by atoms with Gasteiger partial charge in [0, 0.05) is 29.7 Å². The molecule has 2 aliphatic heterocycles. The summed E-state index contributed by atoms with van der Waals surface area (Å²) in [6.45, 7) is 2.89. The maximum Gasteiger partial charge on any atom is 0.274 e. The van der Waals surface area contributed by atoms with E-state index < -0.39 is 0 Å². The van der Waals surface area contributed by atoms with E-state index in [4.69, 9.17) is 9.47 Å². The van der Waals surface area contributed by atoms with Crippen LogP contribution in [0.5, 0.6) is 11.5 Å². The molecule has 2 aromatic carbocycles. The zero-order chi connectivity index (χ0) is 19.8. The molecule has 0 fully saturated rings. The van der Waals surface area contributed by atoms with E-state index in [1.807, 2.05) is 19.1 Å². The summed E-state index contributed by atoms with van der Waals surface area (Å²) < 4.78 is 10.7. The van der Waals surface area contributed by atoms with E-state index in [1.54, 1.807) is 24.3 Å². The average Bonchev–Trinajstić information content (AvgIpc) is 3.21. The molecule has 3 aromatic rings. The van der Waals surface area contributed by atoms with Gasteiger partial charge in [-0.1, -0.05) is 18.2 Å². The predicted octanol–water partition coefficient (Wildman–Crippen LogP) is 3.85. The van der Waals surface area contributed by atoms with Crippen molar-refractivity contribution in [3.63, 3.8) is 0 Å². The minimum Gasteiger partial charge on any atom is -0.454 e. The fourth-order valence-electron chi connectivity index (χ4n) is 3.70. The third-order valence-corrected chi connectivity index (χ3v) is 5.06. The first-order chi connectivity index (χ1) is 14.2. The minimum atomic E-state index is -0.291. The van der Waals surface area contributed by atoms with Crippen molar-refractivity contribution in [2.45, 2.75) is 19.8 Å². The van der Waals surface area contributed by atoms with Crippen LogP contribution in [0.3, 0.4) is 0 Å². The minimum absolute atomic E-state index is 0.193. The highest BCUT2D eigenvalue weighted by molar-refractivity contribution is 6.03. The summed E-state index contributed by atoms with van der Waals surface area (Å²) in [4.78, 5) is 24.1. The SMILES string of the molecule is Cc1cc(C(=O)Nc2ccc3c(c2)OCO3)nc(N2CCCc3ccccc32)n1. The standard InChI is InChI=1S/C22H20N4O3/c1-14-11-17(21(27)24-16-8-9-19-20(12-16)29-13-28-19)25-22(23-14)26-10-4-6-15-5-2-3-7-18(15)26/h2-3,5,7-9,11-12H,4,6,10,13H2,1H3,(H,24,27). The highest BCUT2D eigenvalue weighted by Gasteiger charge is 2.22. The van der Waals surface area contributed by atoms with Crippen LogP contribution < -0.4 is 19.7 Å². The fraction of sp³-hybridized carbons (Fsp3) is 0.227. The number of nitrogens with one attached hydrogen (secondary N) is 1. The van der Waals surface area contributed by atoms with E-state index in [2.05, 4.69) is 32.3 Å². The molecule has 0 aliphatic carbocycles. The van der Waals surface area contributed by atoms with Crippen molar-refractivity contribution in [2.75, 3.05) is 23.6 Å². The maximum absolute atomic E-state index is 12.9. The monoisotopic (exact) mass is 388 g/mol. The van der Waals surface area contributed by atoms with E-state index in [0.717, 1.165) is 30.8 Å². The molecule has 1 N–H and O–H groups in total. The van der Waals surface area contributed by atoms with Gasteiger partial charge >= 0.3 is 0 Å². The lowest BCUT2D eigenvalue weighted by Gasteiger charge is -2.29. The summed E-state index contributed by atoms with van der Waals surface area (Å²) in [6, 6.07) is 15.3. The van der Waals surface area contributed by atoms with Gasteiger partial charge in [0.25, 0.3) is 5.91 Å². The number of hydrogen-bond acceptors (Lipinski definition) is 6. The van der Waals surface area contributed by atoms with Crippen molar-refractivity contribution in [1.82, 2.24) is 9.97 Å². The molecule has 3 heterocycles. The van der Waals surface area contributed by atoms with E-state index in [0.29, 0.717) is 28.8 Å². The van der Waals surface area contributed by atoms with E-state index in [-0.39, 0.29) is 12.7 Å². The van der Waals surface area contributed by atoms with Crippen molar-refractivity contribution in [3.05, 3.63) is 65.5 Å². The van der Waals surface area contributed by atoms with Gasteiger partial charge in [-0.15, -0.1) is 0 Å². The third-order valence-electron chi connectivity index (χ3n) is 5.06. The number of hydrogen-bond donors (Lipinski definition) is 1. The molecule has 7 nitrogen and oxygen atoms in total. The number of carbonyl (C=O) groups excluding carboxylic acids is 1. The van der Waals surface area contributed by atoms with Crippen LogP contribution >= 0.6 is 0 Å². The number of aryl methyl sites for hydroxylation is 2. The summed E-state index contributed by atoms with van der Waals surface area (Å²) in [5.74, 6) is 1.55. The first kappa shape index (κ1) is 17.5. The molecule has 0 saturated carbocycles. The van der Waals surface area contributed by atoms with Crippen molar-refractivity contribution in [3.8, 4) is 11.5 Å². The molecule has 29 heavy (non-hydrogen) atoms. The van der Waals surface area contributed by atoms with Crippen LogP contribution in [0.1, 0.15) is 28.2 Å². The molecule has 1 amide bonds. The second-order valence-corrected chi connectivity index (χ2v) is 7.10. The van der Waals surface area contributed by atoms with Gasteiger partial charge in [-0.2, -0.15) is 0 Å². The molecule has 146 valence electrons. The van der Waals surface area contributed by atoms with Gasteiger partial charge in [-0.05, 0) is 49.6 Å². The Morgan fingerprint density at radius 3 is 2.86 bits per heavy atom. The fourth-order valence-corrected chi connectivity index (χ4v) is 3.70. The molecular weight excluding hydrogens is 368 g/mol. The Morgan fingerprint density at radius 2 is 1.93 bits per heavy atom. The average molecular weight is 388 g/mol. The van der Waals surface area contributed by atoms with Crippen LogP contribution in [0.25, 0.3) is 0 Å². The molecular formula is C22H20N4O3. The lowest BCUT2D eigenvalue weighted by atomic mass is 10.0. The van der Waals surface area contributed by atoms with Crippen molar-refractivity contribution in [1.29, 1.82) is 0 Å². The number of carbonyl (C=O) groups is 1. The second-order valence-electron chi connectivity index (χ2n) is 7.10. The molecule has 7 heteroatoms. The molecule has 2 aliphatic rings. The Morgan fingerprint density at radius 1 is 1.07 bits per heavy atom. The third kappa shape index (κ3) is 3.35. The molecule has 5 rings (SSSR count). The molecule has 0 saturated heterocycles. The topological polar surface area (TPSA) is 76.6 Å². The number of amides is 1. The van der Waals surface area contributed by atoms with Gasteiger partial charge in [0.15, 0.2) is 11.5 Å². The zero-order valence-corrected chi connectivity index (χ0v) is 16.0. The lowest BCUT2D eigenvalue weighted by molar-refractivity contribution is 0.102. The predicted molar refractivity (Wildman–Crippen MR) is 109 cm³/mol. The van der Waals surface area contributed by atoms with Crippen molar-refractivity contribution < 1.29 is 14.3 Å². The van der Waals surface area contributed by atoms with Crippen LogP contribution in [0.2, 0.25) is 0 Å². The highest BCUT2D eigenvalue weighted by Crippen LogP contribution is 2.34. The summed E-state index contributed by atoms with van der Waals surface area (Å²) in [5, 5.41) is 2.88. The molecule has 0 spiro atoms.